The van der Waals surface area contributed by atoms with Crippen molar-refractivity contribution in [1.29, 1.82) is 0 Å². The van der Waals surface area contributed by atoms with Crippen LogP contribution in [0.25, 0.3) is 50.1 Å². The van der Waals surface area contributed by atoms with E-state index in [-0.39, 0.29) is 12.3 Å². The summed E-state index contributed by atoms with van der Waals surface area (Å²) in [5.74, 6) is 2.23. The van der Waals surface area contributed by atoms with E-state index in [2.05, 4.69) is 174 Å². The molecule has 0 saturated heterocycles. The van der Waals surface area contributed by atoms with Gasteiger partial charge in [-0.05, 0) is 74.5 Å². The number of amidine groups is 1. The predicted octanol–water partition coefficient (Wildman–Crippen LogP) is 10.9. The van der Waals surface area contributed by atoms with Crippen LogP contribution < -0.4 is 10.6 Å². The highest BCUT2D eigenvalue weighted by Gasteiger charge is 2.31. The van der Waals surface area contributed by atoms with Gasteiger partial charge < -0.3 is 9.73 Å². The molecule has 0 bridgehead atoms. The molecule has 1 aromatic heterocycles. The van der Waals surface area contributed by atoms with Crippen LogP contribution in [0.1, 0.15) is 40.3 Å². The van der Waals surface area contributed by atoms with Crippen LogP contribution in [0, 0.1) is 5.92 Å². The molecule has 6 aromatic carbocycles. The van der Waals surface area contributed by atoms with E-state index in [1.807, 2.05) is 6.07 Å². The average molecular weight is 658 g/mol. The number of aliphatic imine (C=N–C) groups is 1. The summed E-state index contributed by atoms with van der Waals surface area (Å²) in [7, 11) is 0. The lowest BCUT2D eigenvalue weighted by Crippen LogP contribution is -2.45. The molecule has 3 aliphatic rings. The Bertz CT molecular complexity index is 2570. The van der Waals surface area contributed by atoms with Crippen LogP contribution in [0.15, 0.2) is 179 Å². The van der Waals surface area contributed by atoms with E-state index in [0.29, 0.717) is 5.92 Å². The Labute approximate surface area is 297 Å². The van der Waals surface area contributed by atoms with Gasteiger partial charge in [0.2, 0.25) is 0 Å². The Morgan fingerprint density at radius 1 is 0.627 bits per heavy atom. The van der Waals surface area contributed by atoms with Crippen molar-refractivity contribution in [1.82, 2.24) is 10.6 Å². The molecule has 7 aromatic rings. The molecule has 0 spiro atoms. The lowest BCUT2D eigenvalue weighted by molar-refractivity contribution is 0.411. The van der Waals surface area contributed by atoms with Crippen molar-refractivity contribution in [2.45, 2.75) is 18.8 Å². The van der Waals surface area contributed by atoms with E-state index in [1.54, 1.807) is 0 Å². The van der Waals surface area contributed by atoms with Gasteiger partial charge in [0, 0.05) is 34.4 Å². The largest absolute Gasteiger partial charge is 0.460 e. The summed E-state index contributed by atoms with van der Waals surface area (Å²) in [6.07, 6.45) is 11.5. The van der Waals surface area contributed by atoms with Crippen molar-refractivity contribution in [3.63, 3.8) is 0 Å². The van der Waals surface area contributed by atoms with Gasteiger partial charge in [0.25, 0.3) is 0 Å². The first kappa shape index (κ1) is 29.7. The number of benzene rings is 6. The molecule has 3 atom stereocenters. The second-order valence-electron chi connectivity index (χ2n) is 13.6. The van der Waals surface area contributed by atoms with Crippen LogP contribution in [0.2, 0.25) is 0 Å². The summed E-state index contributed by atoms with van der Waals surface area (Å²) in [5, 5.41) is 11.3. The van der Waals surface area contributed by atoms with E-state index >= 15 is 0 Å². The molecular formula is C47H35N3O. The molecular weight excluding hydrogens is 623 g/mol. The first-order chi connectivity index (χ1) is 25.2. The summed E-state index contributed by atoms with van der Waals surface area (Å²) in [4.78, 5) is 5.20. The van der Waals surface area contributed by atoms with E-state index in [0.717, 1.165) is 56.8 Å². The maximum Gasteiger partial charge on any atom is 0.135 e. The van der Waals surface area contributed by atoms with Crippen molar-refractivity contribution in [3.05, 3.63) is 197 Å². The maximum absolute atomic E-state index is 6.83. The molecule has 4 nitrogen and oxygen atoms in total. The summed E-state index contributed by atoms with van der Waals surface area (Å²) < 4.78 is 6.83. The molecule has 1 aliphatic heterocycles. The van der Waals surface area contributed by atoms with E-state index in [4.69, 9.17) is 9.41 Å². The van der Waals surface area contributed by atoms with Crippen molar-refractivity contribution in [3.8, 4) is 22.3 Å². The van der Waals surface area contributed by atoms with Crippen LogP contribution in [-0.4, -0.2) is 5.84 Å². The zero-order valence-electron chi connectivity index (χ0n) is 28.0. The van der Waals surface area contributed by atoms with E-state index < -0.39 is 0 Å². The number of fused-ring (bicyclic) bond motifs is 5. The number of allylic oxidation sites excluding steroid dienone is 5. The second-order valence-corrected chi connectivity index (χ2v) is 13.6. The zero-order valence-corrected chi connectivity index (χ0v) is 28.0. The Hall–Kier alpha value is -6.23. The Morgan fingerprint density at radius 2 is 1.37 bits per heavy atom. The first-order valence-electron chi connectivity index (χ1n) is 17.7. The fourth-order valence-corrected chi connectivity index (χ4v) is 7.85. The number of furan rings is 1. The van der Waals surface area contributed by atoms with Gasteiger partial charge >= 0.3 is 0 Å². The lowest BCUT2D eigenvalue weighted by atomic mass is 9.83. The topological polar surface area (TPSA) is 49.6 Å². The molecule has 2 heterocycles. The fourth-order valence-electron chi connectivity index (χ4n) is 7.85. The van der Waals surface area contributed by atoms with Crippen LogP contribution in [0.4, 0.5) is 0 Å². The molecule has 0 amide bonds. The summed E-state index contributed by atoms with van der Waals surface area (Å²) in [6, 6.07) is 49.6. The van der Waals surface area contributed by atoms with Crippen LogP contribution in [0.3, 0.4) is 0 Å². The van der Waals surface area contributed by atoms with Crippen LogP contribution in [0.5, 0.6) is 0 Å². The minimum absolute atomic E-state index is 0.237. The third-order valence-electron chi connectivity index (χ3n) is 10.4. The van der Waals surface area contributed by atoms with Gasteiger partial charge in [-0.3, -0.25) is 5.32 Å². The molecule has 2 N–H and O–H groups in total. The molecule has 10 rings (SSSR count). The van der Waals surface area contributed by atoms with Gasteiger partial charge in [-0.25, -0.2) is 4.99 Å². The number of rotatable bonds is 5. The molecule has 244 valence electrons. The molecule has 0 saturated carbocycles. The summed E-state index contributed by atoms with van der Waals surface area (Å²) in [6.45, 7) is 0. The fraction of sp³-hybridized carbons (Fsp3) is 0.0851. The third-order valence-corrected chi connectivity index (χ3v) is 10.4. The molecule has 0 fully saturated rings. The number of hydrogen-bond acceptors (Lipinski definition) is 4. The molecule has 3 unspecified atom stereocenters. The van der Waals surface area contributed by atoms with E-state index in [1.165, 1.54) is 33.0 Å². The number of hydrogen-bond donors (Lipinski definition) is 2. The van der Waals surface area contributed by atoms with Crippen LogP contribution >= 0.6 is 0 Å². The van der Waals surface area contributed by atoms with Crippen molar-refractivity contribution in [2.75, 3.05) is 0 Å². The standard InChI is InChI=1S/C47H35N3O/c1-3-13-31(14-4-1)45-48-46(32-15-5-2-6-16-32)50-47(49-45)41-27-39(29-43-44(41)40-26-36-18-9-10-19-37(36)28-42(40)51-43)35-21-11-20-34(25-35)38-23-22-30-12-7-8-17-33(30)24-38/h1-27,29,37,45,47,49H,28H2,(H,48,50). The molecule has 51 heavy (non-hydrogen) atoms. The maximum atomic E-state index is 6.83. The Balaban J connectivity index is 1.14. The summed E-state index contributed by atoms with van der Waals surface area (Å²) >= 11 is 0. The minimum Gasteiger partial charge on any atom is -0.460 e. The highest BCUT2D eigenvalue weighted by Crippen LogP contribution is 2.43. The molecule has 0 radical (unpaired) electrons. The Kier molecular flexibility index (Phi) is 7.14. The van der Waals surface area contributed by atoms with Crippen LogP contribution in [-0.2, 0) is 6.42 Å². The summed E-state index contributed by atoms with van der Waals surface area (Å²) in [5.41, 5.74) is 11.3. The minimum atomic E-state index is -0.242. The second kappa shape index (κ2) is 12.3. The molecule has 4 heteroatoms. The van der Waals surface area contributed by atoms with Gasteiger partial charge in [0.1, 0.15) is 29.5 Å². The normalized spacial score (nSPS) is 19.3. The Morgan fingerprint density at radius 3 is 2.24 bits per heavy atom. The first-order valence-corrected chi connectivity index (χ1v) is 17.7. The van der Waals surface area contributed by atoms with Gasteiger partial charge in [-0.15, -0.1) is 0 Å². The quantitative estimate of drug-likeness (QED) is 0.194. The average Bonchev–Trinajstić information content (AvgIpc) is 3.57. The molecule has 2 aliphatic carbocycles. The van der Waals surface area contributed by atoms with Crippen molar-refractivity contribution in [2.24, 2.45) is 10.9 Å². The van der Waals surface area contributed by atoms with Gasteiger partial charge in [-0.1, -0.05) is 140 Å². The predicted molar refractivity (Wildman–Crippen MR) is 209 cm³/mol. The van der Waals surface area contributed by atoms with Gasteiger partial charge in [-0.2, -0.15) is 0 Å². The van der Waals surface area contributed by atoms with E-state index in [9.17, 15) is 0 Å². The number of nitrogens with one attached hydrogen (secondary N) is 2. The smallest absolute Gasteiger partial charge is 0.135 e. The van der Waals surface area contributed by atoms with Gasteiger partial charge in [0.05, 0.1) is 0 Å². The lowest BCUT2D eigenvalue weighted by Gasteiger charge is -2.33. The van der Waals surface area contributed by atoms with Crippen molar-refractivity contribution < 1.29 is 4.42 Å². The zero-order chi connectivity index (χ0) is 33.7. The highest BCUT2D eigenvalue weighted by molar-refractivity contribution is 6.01. The third kappa shape index (κ3) is 5.41. The highest BCUT2D eigenvalue weighted by atomic mass is 16.3. The van der Waals surface area contributed by atoms with Gasteiger partial charge in [0.15, 0.2) is 0 Å². The van der Waals surface area contributed by atoms with Crippen molar-refractivity contribution >= 4 is 33.7 Å². The SMILES string of the molecule is C1=CC2=Cc3c(oc4cc(-c5cccc(-c6ccc7ccccc7c6)c5)cc(C5NC(c6ccccc6)=NC(c6ccccc6)N5)c34)CC2C=C1. The monoisotopic (exact) mass is 657 g/mol. The number of nitrogens with zero attached hydrogens (tertiary/aromatic N) is 1.